The lowest BCUT2D eigenvalue weighted by Crippen LogP contribution is -2.07. The molecular weight excluding hydrogens is 436 g/mol. The van der Waals surface area contributed by atoms with E-state index >= 15 is 0 Å². The number of nitrogens with zero attached hydrogens (tertiary/aromatic N) is 3. The van der Waals surface area contributed by atoms with Gasteiger partial charge >= 0.3 is 0 Å². The smallest absolute Gasteiger partial charge is 0.192 e. The molecule has 166 valence electrons. The fourth-order valence-electron chi connectivity index (χ4n) is 3.89. The second-order valence-electron chi connectivity index (χ2n) is 7.58. The molecule has 2 aromatic carbocycles. The molecule has 0 aliphatic rings. The van der Waals surface area contributed by atoms with Gasteiger partial charge in [0.2, 0.25) is 0 Å². The van der Waals surface area contributed by atoms with Crippen LogP contribution in [0.15, 0.2) is 76.5 Å². The summed E-state index contributed by atoms with van der Waals surface area (Å²) in [7, 11) is 1.63. The number of thioether (sulfide) groups is 1. The van der Waals surface area contributed by atoms with Crippen molar-refractivity contribution in [3.63, 3.8) is 0 Å². The number of H-pyrrole nitrogens is 1. The van der Waals surface area contributed by atoms with E-state index in [-0.39, 0.29) is 11.5 Å². The molecule has 3 aromatic heterocycles. The van der Waals surface area contributed by atoms with E-state index in [1.54, 1.807) is 13.4 Å². The number of fused-ring (bicyclic) bond motifs is 1. The minimum absolute atomic E-state index is 0.0495. The maximum absolute atomic E-state index is 13.2. The lowest BCUT2D eigenvalue weighted by atomic mass is 10.1. The average molecular weight is 459 g/mol. The molecule has 0 saturated carbocycles. The third-order valence-corrected chi connectivity index (χ3v) is 6.43. The summed E-state index contributed by atoms with van der Waals surface area (Å²) >= 11 is 1.38. The first-order valence-electron chi connectivity index (χ1n) is 10.5. The van der Waals surface area contributed by atoms with Gasteiger partial charge in [-0.25, -0.2) is 0 Å². The number of aromatic nitrogens is 4. The van der Waals surface area contributed by atoms with E-state index < -0.39 is 0 Å². The Labute approximate surface area is 194 Å². The summed E-state index contributed by atoms with van der Waals surface area (Å²) in [5, 5.41) is 10.4. The van der Waals surface area contributed by atoms with Crippen molar-refractivity contribution in [1.29, 1.82) is 0 Å². The highest BCUT2D eigenvalue weighted by Crippen LogP contribution is 2.29. The molecule has 33 heavy (non-hydrogen) atoms. The number of ketones is 1. The lowest BCUT2D eigenvalue weighted by Gasteiger charge is -2.09. The van der Waals surface area contributed by atoms with Gasteiger partial charge in [0.1, 0.15) is 11.5 Å². The van der Waals surface area contributed by atoms with Gasteiger partial charge in [0, 0.05) is 27.7 Å². The van der Waals surface area contributed by atoms with E-state index in [1.807, 2.05) is 72.2 Å². The normalized spacial score (nSPS) is 11.2. The monoisotopic (exact) mass is 458 g/mol. The number of hydrogen-bond donors (Lipinski definition) is 1. The summed E-state index contributed by atoms with van der Waals surface area (Å²) in [4.78, 5) is 16.5. The van der Waals surface area contributed by atoms with E-state index in [4.69, 9.17) is 9.15 Å². The van der Waals surface area contributed by atoms with Gasteiger partial charge in [0.25, 0.3) is 0 Å². The number of benzene rings is 2. The molecule has 0 aliphatic heterocycles. The number of aromatic amines is 1. The van der Waals surface area contributed by atoms with Gasteiger partial charge in [0.15, 0.2) is 16.8 Å². The SMILES string of the molecule is COc1ccc(-c2nnc(SCC(=O)c3c(C)[nH]c4ccccc34)n2Cc2ccco2)cc1. The van der Waals surface area contributed by atoms with Crippen molar-refractivity contribution < 1.29 is 13.9 Å². The summed E-state index contributed by atoms with van der Waals surface area (Å²) in [5.41, 5.74) is 3.47. The first-order valence-corrected chi connectivity index (χ1v) is 11.5. The van der Waals surface area contributed by atoms with Crippen LogP contribution in [-0.4, -0.2) is 38.4 Å². The Balaban J connectivity index is 1.44. The van der Waals surface area contributed by atoms with Gasteiger partial charge in [-0.1, -0.05) is 30.0 Å². The quantitative estimate of drug-likeness (QED) is 0.249. The number of nitrogens with one attached hydrogen (secondary N) is 1. The molecule has 0 saturated heterocycles. The fraction of sp³-hybridized carbons (Fsp3) is 0.160. The van der Waals surface area contributed by atoms with Gasteiger partial charge in [-0.2, -0.15) is 0 Å². The Morgan fingerprint density at radius 1 is 1.09 bits per heavy atom. The Morgan fingerprint density at radius 3 is 2.67 bits per heavy atom. The van der Waals surface area contributed by atoms with Crippen molar-refractivity contribution in [2.45, 2.75) is 18.6 Å². The average Bonchev–Trinajstić information content (AvgIpc) is 3.56. The molecule has 5 aromatic rings. The van der Waals surface area contributed by atoms with E-state index in [0.717, 1.165) is 39.2 Å². The van der Waals surface area contributed by atoms with Crippen LogP contribution in [0.25, 0.3) is 22.3 Å². The third-order valence-electron chi connectivity index (χ3n) is 5.46. The van der Waals surface area contributed by atoms with Crippen LogP contribution in [0.3, 0.4) is 0 Å². The predicted molar refractivity (Wildman–Crippen MR) is 128 cm³/mol. The van der Waals surface area contributed by atoms with E-state index in [2.05, 4.69) is 15.2 Å². The van der Waals surface area contributed by atoms with Gasteiger partial charge in [-0.3, -0.25) is 9.36 Å². The molecule has 1 N–H and O–H groups in total. The first kappa shape index (κ1) is 21.1. The molecule has 7 nitrogen and oxygen atoms in total. The molecule has 0 unspecified atom stereocenters. The maximum atomic E-state index is 13.2. The number of aryl methyl sites for hydroxylation is 1. The number of Topliss-reactive ketones (excluding diaryl/α,β-unsaturated/α-hetero) is 1. The second-order valence-corrected chi connectivity index (χ2v) is 8.53. The van der Waals surface area contributed by atoms with Gasteiger partial charge in [0.05, 0.1) is 25.7 Å². The van der Waals surface area contributed by atoms with Crippen molar-refractivity contribution in [2.24, 2.45) is 0 Å². The van der Waals surface area contributed by atoms with E-state index in [9.17, 15) is 4.79 Å². The van der Waals surface area contributed by atoms with Gasteiger partial charge in [-0.15, -0.1) is 10.2 Å². The van der Waals surface area contributed by atoms with Crippen LogP contribution in [0.1, 0.15) is 21.8 Å². The predicted octanol–water partition coefficient (Wildman–Crippen LogP) is 5.36. The minimum Gasteiger partial charge on any atom is -0.497 e. The molecule has 0 radical (unpaired) electrons. The lowest BCUT2D eigenvalue weighted by molar-refractivity contribution is 0.102. The summed E-state index contributed by atoms with van der Waals surface area (Å²) in [6.45, 7) is 2.39. The van der Waals surface area contributed by atoms with Crippen LogP contribution in [-0.2, 0) is 6.54 Å². The summed E-state index contributed by atoms with van der Waals surface area (Å²) < 4.78 is 12.8. The topological polar surface area (TPSA) is 85.9 Å². The fourth-order valence-corrected chi connectivity index (χ4v) is 4.70. The maximum Gasteiger partial charge on any atom is 0.192 e. The number of hydrogen-bond acceptors (Lipinski definition) is 6. The molecular formula is C25H22N4O3S. The number of methoxy groups -OCH3 is 1. The largest absolute Gasteiger partial charge is 0.497 e. The van der Waals surface area contributed by atoms with Crippen molar-refractivity contribution >= 4 is 28.4 Å². The number of rotatable bonds is 8. The van der Waals surface area contributed by atoms with Crippen molar-refractivity contribution in [3.8, 4) is 17.1 Å². The molecule has 0 spiro atoms. The Hall–Kier alpha value is -3.78. The number of para-hydroxylation sites is 1. The molecule has 0 amide bonds. The molecule has 3 heterocycles. The number of ether oxygens (including phenoxy) is 1. The Bertz CT molecular complexity index is 1400. The zero-order valence-electron chi connectivity index (χ0n) is 18.2. The Morgan fingerprint density at radius 2 is 1.91 bits per heavy atom. The highest BCUT2D eigenvalue weighted by molar-refractivity contribution is 7.99. The molecule has 0 bridgehead atoms. The van der Waals surface area contributed by atoms with Crippen LogP contribution in [0.4, 0.5) is 0 Å². The summed E-state index contributed by atoms with van der Waals surface area (Å²) in [6.07, 6.45) is 1.64. The number of furan rings is 1. The highest BCUT2D eigenvalue weighted by atomic mass is 32.2. The summed E-state index contributed by atoms with van der Waals surface area (Å²) in [5.74, 6) is 2.55. The number of carbonyl (C=O) groups is 1. The van der Waals surface area contributed by atoms with Crippen LogP contribution in [0.2, 0.25) is 0 Å². The third kappa shape index (κ3) is 4.17. The van der Waals surface area contributed by atoms with Crippen molar-refractivity contribution in [3.05, 3.63) is 83.9 Å². The Kier molecular flexibility index (Phi) is 5.75. The van der Waals surface area contributed by atoms with Crippen LogP contribution < -0.4 is 4.74 Å². The molecule has 5 rings (SSSR count). The zero-order chi connectivity index (χ0) is 22.8. The van der Waals surface area contributed by atoms with Crippen LogP contribution >= 0.6 is 11.8 Å². The minimum atomic E-state index is 0.0495. The van der Waals surface area contributed by atoms with Crippen molar-refractivity contribution in [1.82, 2.24) is 19.7 Å². The molecule has 0 fully saturated rings. The standard InChI is InChI=1S/C25H22N4O3S/c1-16-23(20-7-3-4-8-21(20)26-16)22(30)15-33-25-28-27-24(17-9-11-18(31-2)12-10-17)29(25)14-19-6-5-13-32-19/h3-13,26H,14-15H2,1-2H3. The molecule has 0 atom stereocenters. The van der Waals surface area contributed by atoms with E-state index in [1.165, 1.54) is 11.8 Å². The number of carbonyl (C=O) groups excluding carboxylic acids is 1. The second kappa shape index (κ2) is 8.99. The van der Waals surface area contributed by atoms with Crippen molar-refractivity contribution in [2.75, 3.05) is 12.9 Å². The van der Waals surface area contributed by atoms with Crippen LogP contribution in [0.5, 0.6) is 5.75 Å². The van der Waals surface area contributed by atoms with E-state index in [0.29, 0.717) is 17.5 Å². The zero-order valence-corrected chi connectivity index (χ0v) is 19.1. The van der Waals surface area contributed by atoms with Crippen LogP contribution in [0, 0.1) is 6.92 Å². The molecule has 0 aliphatic carbocycles. The molecule has 8 heteroatoms. The van der Waals surface area contributed by atoms with Gasteiger partial charge in [-0.05, 0) is 49.4 Å². The van der Waals surface area contributed by atoms with Gasteiger partial charge < -0.3 is 14.1 Å². The summed E-state index contributed by atoms with van der Waals surface area (Å²) in [6, 6.07) is 19.3. The highest BCUT2D eigenvalue weighted by Gasteiger charge is 2.20. The first-order chi connectivity index (χ1) is 16.1.